The minimum atomic E-state index is -0.175. The standard InChI is InChI=1S/C23H26FN3/c1-15(23-26-12-13-27(23)19-7-8-19)16-2-4-17(5-3-16)20-10-11-25-22-9-6-18(24)14-21(20)22/h6,9-17,19H,2-5,7-8H2,1H3. The molecule has 0 saturated heterocycles. The number of halogens is 1. The van der Waals surface area contributed by atoms with E-state index in [-0.39, 0.29) is 5.82 Å². The van der Waals surface area contributed by atoms with Crippen LogP contribution in [0.25, 0.3) is 10.9 Å². The quantitative estimate of drug-likeness (QED) is 0.570. The Balaban J connectivity index is 1.33. The fraction of sp³-hybridized carbons (Fsp3) is 0.478. The zero-order valence-corrected chi connectivity index (χ0v) is 15.8. The smallest absolute Gasteiger partial charge is 0.123 e. The van der Waals surface area contributed by atoms with Crippen LogP contribution in [0.15, 0.2) is 42.9 Å². The van der Waals surface area contributed by atoms with Crippen molar-refractivity contribution in [3.8, 4) is 0 Å². The van der Waals surface area contributed by atoms with Gasteiger partial charge >= 0.3 is 0 Å². The van der Waals surface area contributed by atoms with Gasteiger partial charge in [-0.15, -0.1) is 0 Å². The molecule has 2 aliphatic rings. The predicted octanol–water partition coefficient (Wildman–Crippen LogP) is 5.98. The molecule has 0 aliphatic heterocycles. The molecule has 2 fully saturated rings. The molecule has 0 bridgehead atoms. The van der Waals surface area contributed by atoms with Crippen LogP contribution in [0.4, 0.5) is 4.39 Å². The van der Waals surface area contributed by atoms with E-state index in [1.165, 1.54) is 43.1 Å². The Hall–Kier alpha value is -2.23. The summed E-state index contributed by atoms with van der Waals surface area (Å²) in [6, 6.07) is 7.73. The van der Waals surface area contributed by atoms with Crippen LogP contribution in [0.1, 0.15) is 74.7 Å². The van der Waals surface area contributed by atoms with Gasteiger partial charge in [0.15, 0.2) is 0 Å². The summed E-state index contributed by atoms with van der Waals surface area (Å²) in [7, 11) is 0. The maximum Gasteiger partial charge on any atom is 0.123 e. The van der Waals surface area contributed by atoms with Gasteiger partial charge in [-0.25, -0.2) is 9.37 Å². The summed E-state index contributed by atoms with van der Waals surface area (Å²) in [6.45, 7) is 2.35. The highest BCUT2D eigenvalue weighted by molar-refractivity contribution is 5.82. The minimum Gasteiger partial charge on any atom is -0.332 e. The summed E-state index contributed by atoms with van der Waals surface area (Å²) in [5, 5.41) is 0.985. The van der Waals surface area contributed by atoms with Crippen LogP contribution in [-0.4, -0.2) is 14.5 Å². The normalized spacial score (nSPS) is 24.2. The lowest BCUT2D eigenvalue weighted by Crippen LogP contribution is -2.20. The average molecular weight is 363 g/mol. The van der Waals surface area contributed by atoms with Gasteiger partial charge in [-0.3, -0.25) is 4.98 Å². The van der Waals surface area contributed by atoms with Gasteiger partial charge in [0.05, 0.1) is 5.52 Å². The molecule has 0 N–H and O–H groups in total. The molecule has 1 atom stereocenters. The van der Waals surface area contributed by atoms with Gasteiger partial charge in [0.2, 0.25) is 0 Å². The van der Waals surface area contributed by atoms with E-state index in [1.807, 2.05) is 12.4 Å². The van der Waals surface area contributed by atoms with Crippen molar-refractivity contribution in [1.82, 2.24) is 14.5 Å². The zero-order chi connectivity index (χ0) is 18.4. The molecule has 5 rings (SSSR count). The van der Waals surface area contributed by atoms with E-state index in [4.69, 9.17) is 4.98 Å². The third-order valence-corrected chi connectivity index (χ3v) is 6.70. The molecular weight excluding hydrogens is 337 g/mol. The van der Waals surface area contributed by atoms with Crippen molar-refractivity contribution in [2.24, 2.45) is 5.92 Å². The van der Waals surface area contributed by atoms with E-state index in [1.54, 1.807) is 12.1 Å². The third-order valence-electron chi connectivity index (χ3n) is 6.70. The Morgan fingerprint density at radius 1 is 1.00 bits per heavy atom. The SMILES string of the molecule is CC(c1nccn1C1CC1)C1CCC(c2ccnc3ccc(F)cc23)CC1. The second-order valence-corrected chi connectivity index (χ2v) is 8.39. The van der Waals surface area contributed by atoms with E-state index < -0.39 is 0 Å². The minimum absolute atomic E-state index is 0.175. The zero-order valence-electron chi connectivity index (χ0n) is 15.8. The Morgan fingerprint density at radius 2 is 1.81 bits per heavy atom. The number of fused-ring (bicyclic) bond motifs is 1. The molecule has 27 heavy (non-hydrogen) atoms. The molecule has 0 radical (unpaired) electrons. The lowest BCUT2D eigenvalue weighted by atomic mass is 9.73. The topological polar surface area (TPSA) is 30.7 Å². The molecular formula is C23H26FN3. The van der Waals surface area contributed by atoms with Crippen LogP contribution in [0.2, 0.25) is 0 Å². The second-order valence-electron chi connectivity index (χ2n) is 8.39. The Kier molecular flexibility index (Phi) is 4.22. The lowest BCUT2D eigenvalue weighted by Gasteiger charge is -2.33. The van der Waals surface area contributed by atoms with E-state index >= 15 is 0 Å². The number of aromatic nitrogens is 3. The van der Waals surface area contributed by atoms with Crippen molar-refractivity contribution >= 4 is 10.9 Å². The number of pyridine rings is 1. The van der Waals surface area contributed by atoms with Gasteiger partial charge in [-0.2, -0.15) is 0 Å². The summed E-state index contributed by atoms with van der Waals surface area (Å²) in [5.74, 6) is 2.80. The summed E-state index contributed by atoms with van der Waals surface area (Å²) in [6.07, 6.45) is 13.3. The van der Waals surface area contributed by atoms with E-state index in [9.17, 15) is 4.39 Å². The Morgan fingerprint density at radius 3 is 2.59 bits per heavy atom. The first-order valence-electron chi connectivity index (χ1n) is 10.3. The first-order chi connectivity index (χ1) is 13.2. The van der Waals surface area contributed by atoms with Gasteiger partial charge in [0.1, 0.15) is 11.6 Å². The average Bonchev–Trinajstić information content (AvgIpc) is 3.43. The summed E-state index contributed by atoms with van der Waals surface area (Å²) in [5.41, 5.74) is 2.17. The van der Waals surface area contributed by atoms with Crippen molar-refractivity contribution in [3.05, 3.63) is 60.1 Å². The molecule has 2 aromatic heterocycles. The molecule has 0 amide bonds. The van der Waals surface area contributed by atoms with Crippen LogP contribution in [0.3, 0.4) is 0 Å². The van der Waals surface area contributed by atoms with E-state index in [0.717, 1.165) is 23.7 Å². The van der Waals surface area contributed by atoms with Gasteiger partial charge in [0, 0.05) is 35.9 Å². The van der Waals surface area contributed by atoms with Crippen LogP contribution in [-0.2, 0) is 0 Å². The van der Waals surface area contributed by atoms with Crippen LogP contribution in [0, 0.1) is 11.7 Å². The molecule has 2 saturated carbocycles. The highest BCUT2D eigenvalue weighted by Gasteiger charge is 2.32. The molecule has 1 aromatic carbocycles. The maximum atomic E-state index is 13.8. The van der Waals surface area contributed by atoms with E-state index in [0.29, 0.717) is 23.8 Å². The number of imidazole rings is 1. The maximum absolute atomic E-state index is 13.8. The fourth-order valence-electron chi connectivity index (χ4n) is 4.98. The number of hydrogen-bond acceptors (Lipinski definition) is 2. The molecule has 2 heterocycles. The van der Waals surface area contributed by atoms with Gasteiger partial charge in [-0.05, 0) is 80.2 Å². The third kappa shape index (κ3) is 3.15. The molecule has 0 spiro atoms. The monoisotopic (exact) mass is 363 g/mol. The van der Waals surface area contributed by atoms with Crippen molar-refractivity contribution in [3.63, 3.8) is 0 Å². The van der Waals surface area contributed by atoms with Crippen molar-refractivity contribution < 1.29 is 4.39 Å². The van der Waals surface area contributed by atoms with Gasteiger partial charge < -0.3 is 4.57 Å². The number of hydrogen-bond donors (Lipinski definition) is 0. The number of benzene rings is 1. The predicted molar refractivity (Wildman–Crippen MR) is 105 cm³/mol. The first kappa shape index (κ1) is 16.9. The van der Waals surface area contributed by atoms with Gasteiger partial charge in [-0.1, -0.05) is 6.92 Å². The Bertz CT molecular complexity index is 951. The molecule has 2 aliphatic carbocycles. The highest BCUT2D eigenvalue weighted by Crippen LogP contribution is 2.44. The van der Waals surface area contributed by atoms with Gasteiger partial charge in [0.25, 0.3) is 0 Å². The summed E-state index contributed by atoms with van der Waals surface area (Å²) in [4.78, 5) is 9.10. The molecule has 1 unspecified atom stereocenters. The summed E-state index contributed by atoms with van der Waals surface area (Å²) < 4.78 is 16.2. The summed E-state index contributed by atoms with van der Waals surface area (Å²) >= 11 is 0. The fourth-order valence-corrected chi connectivity index (χ4v) is 4.98. The molecule has 3 aromatic rings. The van der Waals surface area contributed by atoms with Crippen LogP contribution in [0.5, 0.6) is 0 Å². The molecule has 3 nitrogen and oxygen atoms in total. The lowest BCUT2D eigenvalue weighted by molar-refractivity contribution is 0.282. The van der Waals surface area contributed by atoms with Crippen LogP contribution < -0.4 is 0 Å². The highest BCUT2D eigenvalue weighted by atomic mass is 19.1. The van der Waals surface area contributed by atoms with E-state index in [2.05, 4.69) is 28.7 Å². The largest absolute Gasteiger partial charge is 0.332 e. The molecule has 4 heteroatoms. The van der Waals surface area contributed by atoms with Crippen molar-refractivity contribution in [2.75, 3.05) is 0 Å². The Labute approximate surface area is 159 Å². The molecule has 140 valence electrons. The van der Waals surface area contributed by atoms with Crippen LogP contribution >= 0.6 is 0 Å². The van der Waals surface area contributed by atoms with Crippen molar-refractivity contribution in [2.45, 2.75) is 63.3 Å². The van der Waals surface area contributed by atoms with Crippen molar-refractivity contribution in [1.29, 1.82) is 0 Å². The number of nitrogens with zero attached hydrogens (tertiary/aromatic N) is 3. The number of rotatable bonds is 4. The first-order valence-corrected chi connectivity index (χ1v) is 10.3. The second kappa shape index (κ2) is 6.74.